The molecule has 116 valence electrons. The normalized spacial score (nSPS) is 20.7. The number of piperazine rings is 1. The number of ether oxygens (including phenoxy) is 1. The van der Waals surface area contributed by atoms with E-state index in [1.807, 2.05) is 0 Å². The number of likely N-dealkylation sites (N-methyl/N-ethyl adjacent to an activating group) is 1. The highest BCUT2D eigenvalue weighted by Crippen LogP contribution is 2.29. The lowest BCUT2D eigenvalue weighted by molar-refractivity contribution is -0.136. The van der Waals surface area contributed by atoms with Gasteiger partial charge >= 0.3 is 0 Å². The van der Waals surface area contributed by atoms with Crippen LogP contribution in [0, 0.1) is 0 Å². The predicted molar refractivity (Wildman–Crippen MR) is 79.0 cm³/mol. The van der Waals surface area contributed by atoms with E-state index in [0.717, 1.165) is 0 Å². The number of benzene rings is 1. The van der Waals surface area contributed by atoms with Crippen molar-refractivity contribution in [3.63, 3.8) is 0 Å². The largest absolute Gasteiger partial charge is 0.495 e. The van der Waals surface area contributed by atoms with Gasteiger partial charge in [-0.2, -0.15) is 4.31 Å². The standard InChI is InChI=1S/C13H17ClN2O4S/c1-9-13(17)15(2)6-7-16(9)21(18,19)10-4-5-12(20-3)11(14)8-10/h4-5,8-9H,6-7H2,1-3H3. The fourth-order valence-electron chi connectivity index (χ4n) is 2.27. The Labute approximate surface area is 129 Å². The van der Waals surface area contributed by atoms with E-state index in [0.29, 0.717) is 12.3 Å². The van der Waals surface area contributed by atoms with Crippen molar-refractivity contribution in [2.24, 2.45) is 0 Å². The number of sulfonamides is 1. The molecule has 1 heterocycles. The molecular weight excluding hydrogens is 316 g/mol. The minimum absolute atomic E-state index is 0.0532. The van der Waals surface area contributed by atoms with Crippen molar-refractivity contribution in [2.75, 3.05) is 27.2 Å². The maximum Gasteiger partial charge on any atom is 0.243 e. The van der Waals surface area contributed by atoms with E-state index in [-0.39, 0.29) is 22.4 Å². The lowest BCUT2D eigenvalue weighted by atomic mass is 10.2. The Bertz CT molecular complexity index is 662. The number of hydrogen-bond acceptors (Lipinski definition) is 4. The summed E-state index contributed by atoms with van der Waals surface area (Å²) in [5.74, 6) is 0.183. The fourth-order valence-corrected chi connectivity index (χ4v) is 4.19. The number of nitrogens with zero attached hydrogens (tertiary/aromatic N) is 2. The summed E-state index contributed by atoms with van der Waals surface area (Å²) in [6, 6.07) is 3.54. The van der Waals surface area contributed by atoms with E-state index in [1.165, 1.54) is 34.5 Å². The molecule has 0 radical (unpaired) electrons. The van der Waals surface area contributed by atoms with E-state index in [4.69, 9.17) is 16.3 Å². The van der Waals surface area contributed by atoms with Gasteiger partial charge in [-0.25, -0.2) is 8.42 Å². The van der Waals surface area contributed by atoms with Crippen LogP contribution in [0.15, 0.2) is 23.1 Å². The zero-order valence-corrected chi connectivity index (χ0v) is 13.6. The van der Waals surface area contributed by atoms with Crippen molar-refractivity contribution in [3.8, 4) is 5.75 Å². The molecule has 2 rings (SSSR count). The summed E-state index contributed by atoms with van der Waals surface area (Å²) in [6.07, 6.45) is 0. The Hall–Kier alpha value is -1.31. The third-order valence-corrected chi connectivity index (χ3v) is 5.81. The minimum Gasteiger partial charge on any atom is -0.495 e. The van der Waals surface area contributed by atoms with Gasteiger partial charge in [0.25, 0.3) is 0 Å². The first-order valence-corrected chi connectivity index (χ1v) is 8.21. The Morgan fingerprint density at radius 2 is 2.00 bits per heavy atom. The highest BCUT2D eigenvalue weighted by molar-refractivity contribution is 7.89. The Morgan fingerprint density at radius 1 is 1.33 bits per heavy atom. The van der Waals surface area contributed by atoms with E-state index in [2.05, 4.69) is 0 Å². The van der Waals surface area contributed by atoms with Gasteiger partial charge in [-0.05, 0) is 25.1 Å². The monoisotopic (exact) mass is 332 g/mol. The average molecular weight is 333 g/mol. The van der Waals surface area contributed by atoms with E-state index >= 15 is 0 Å². The average Bonchev–Trinajstić information content (AvgIpc) is 2.44. The fraction of sp³-hybridized carbons (Fsp3) is 0.462. The lowest BCUT2D eigenvalue weighted by Gasteiger charge is -2.36. The number of hydrogen-bond donors (Lipinski definition) is 0. The molecule has 6 nitrogen and oxygen atoms in total. The molecule has 1 saturated heterocycles. The molecule has 1 aromatic carbocycles. The Kier molecular flexibility index (Phi) is 4.46. The van der Waals surface area contributed by atoms with Crippen molar-refractivity contribution < 1.29 is 17.9 Å². The second-order valence-corrected chi connectivity index (χ2v) is 7.15. The van der Waals surface area contributed by atoms with Gasteiger partial charge in [0.05, 0.1) is 17.0 Å². The first-order chi connectivity index (χ1) is 9.78. The highest BCUT2D eigenvalue weighted by atomic mass is 35.5. The highest BCUT2D eigenvalue weighted by Gasteiger charge is 2.37. The molecule has 0 spiro atoms. The second-order valence-electron chi connectivity index (χ2n) is 4.85. The maximum absolute atomic E-state index is 12.7. The van der Waals surface area contributed by atoms with Crippen LogP contribution in [0.25, 0.3) is 0 Å². The van der Waals surface area contributed by atoms with Crippen molar-refractivity contribution >= 4 is 27.5 Å². The Balaban J connectivity index is 2.38. The van der Waals surface area contributed by atoms with Gasteiger partial charge in [0.1, 0.15) is 11.8 Å². The first kappa shape index (κ1) is 16.1. The molecule has 0 saturated carbocycles. The van der Waals surface area contributed by atoms with Crippen LogP contribution < -0.4 is 4.74 Å². The molecule has 1 aliphatic rings. The SMILES string of the molecule is COc1ccc(S(=O)(=O)N2CCN(C)C(=O)C2C)cc1Cl. The number of carbonyl (C=O) groups excluding carboxylic acids is 1. The number of carbonyl (C=O) groups is 1. The molecule has 0 aliphatic carbocycles. The van der Waals surface area contributed by atoms with Crippen molar-refractivity contribution in [3.05, 3.63) is 23.2 Å². The summed E-state index contributed by atoms with van der Waals surface area (Å²) in [4.78, 5) is 13.5. The van der Waals surface area contributed by atoms with Crippen LogP contribution in [-0.4, -0.2) is 56.8 Å². The molecule has 1 amide bonds. The maximum atomic E-state index is 12.7. The predicted octanol–water partition coefficient (Wildman–Crippen LogP) is 1.20. The van der Waals surface area contributed by atoms with Crippen molar-refractivity contribution in [1.82, 2.24) is 9.21 Å². The van der Waals surface area contributed by atoms with Gasteiger partial charge in [-0.3, -0.25) is 4.79 Å². The molecule has 1 unspecified atom stereocenters. The minimum atomic E-state index is -3.77. The van der Waals surface area contributed by atoms with Crippen molar-refractivity contribution in [2.45, 2.75) is 17.9 Å². The van der Waals surface area contributed by atoms with Crippen molar-refractivity contribution in [1.29, 1.82) is 0 Å². The zero-order chi connectivity index (χ0) is 15.8. The smallest absolute Gasteiger partial charge is 0.243 e. The van der Waals surface area contributed by atoms with Crippen LogP contribution in [0.2, 0.25) is 5.02 Å². The summed E-state index contributed by atoms with van der Waals surface area (Å²) < 4.78 is 31.5. The molecule has 1 atom stereocenters. The summed E-state index contributed by atoms with van der Waals surface area (Å²) in [6.45, 7) is 2.21. The molecule has 8 heteroatoms. The van der Waals surface area contributed by atoms with Gasteiger partial charge in [0.15, 0.2) is 0 Å². The van der Waals surface area contributed by atoms with E-state index in [9.17, 15) is 13.2 Å². The number of halogens is 1. The number of amides is 1. The molecule has 1 fully saturated rings. The summed E-state index contributed by atoms with van der Waals surface area (Å²) in [5.41, 5.74) is 0. The zero-order valence-electron chi connectivity index (χ0n) is 12.0. The van der Waals surface area contributed by atoms with Crippen LogP contribution in [0.5, 0.6) is 5.75 Å². The summed E-state index contributed by atoms with van der Waals surface area (Å²) >= 11 is 5.98. The van der Waals surface area contributed by atoms with E-state index < -0.39 is 16.1 Å². The van der Waals surface area contributed by atoms with Gasteiger partial charge < -0.3 is 9.64 Å². The van der Waals surface area contributed by atoms with Gasteiger partial charge in [0, 0.05) is 20.1 Å². The molecule has 21 heavy (non-hydrogen) atoms. The van der Waals surface area contributed by atoms with Gasteiger partial charge in [0.2, 0.25) is 15.9 Å². The second kappa shape index (κ2) is 5.82. The molecule has 0 bridgehead atoms. The van der Waals surface area contributed by atoms with Crippen LogP contribution in [0.1, 0.15) is 6.92 Å². The molecule has 1 aliphatic heterocycles. The molecule has 1 aromatic rings. The number of methoxy groups -OCH3 is 1. The quantitative estimate of drug-likeness (QED) is 0.834. The van der Waals surface area contributed by atoms with Crippen LogP contribution in [0.4, 0.5) is 0 Å². The van der Waals surface area contributed by atoms with Crippen LogP contribution >= 0.6 is 11.6 Å². The van der Waals surface area contributed by atoms with Crippen LogP contribution in [-0.2, 0) is 14.8 Å². The topological polar surface area (TPSA) is 66.9 Å². The molecule has 0 N–H and O–H groups in total. The van der Waals surface area contributed by atoms with Gasteiger partial charge in [-0.15, -0.1) is 0 Å². The molecular formula is C13H17ClN2O4S. The summed E-state index contributed by atoms with van der Waals surface area (Å²) in [7, 11) is -0.654. The third kappa shape index (κ3) is 2.86. The van der Waals surface area contributed by atoms with Gasteiger partial charge in [-0.1, -0.05) is 11.6 Å². The van der Waals surface area contributed by atoms with Crippen LogP contribution in [0.3, 0.4) is 0 Å². The first-order valence-electron chi connectivity index (χ1n) is 6.39. The lowest BCUT2D eigenvalue weighted by Crippen LogP contribution is -2.56. The molecule has 0 aromatic heterocycles. The third-order valence-electron chi connectivity index (χ3n) is 3.55. The van der Waals surface area contributed by atoms with E-state index in [1.54, 1.807) is 14.0 Å². The number of rotatable bonds is 3. The Morgan fingerprint density at radius 3 is 2.57 bits per heavy atom. The summed E-state index contributed by atoms with van der Waals surface area (Å²) in [5, 5.41) is 0.215.